The minimum Gasteiger partial charge on any atom is -0.325 e. The number of amides is 3. The fraction of sp³-hybridized carbons (Fsp3) is 0.0571. The Labute approximate surface area is 271 Å². The van der Waals surface area contributed by atoms with E-state index < -0.39 is 34.7 Å². The van der Waals surface area contributed by atoms with E-state index in [-0.39, 0.29) is 11.4 Å². The molecule has 0 aliphatic carbocycles. The van der Waals surface area contributed by atoms with Crippen LogP contribution in [0.4, 0.5) is 24.5 Å². The van der Waals surface area contributed by atoms with Crippen molar-refractivity contribution in [2.24, 2.45) is 0 Å². The summed E-state index contributed by atoms with van der Waals surface area (Å²) < 4.78 is 39.7. The second kappa shape index (κ2) is 14.8. The number of alkyl halides is 3. The van der Waals surface area contributed by atoms with Gasteiger partial charge in [0.05, 0.1) is 5.56 Å². The number of carbonyl (C=O) groups excluding carboxylic acids is 3. The number of thioether (sulfide) groups is 1. The van der Waals surface area contributed by atoms with Crippen molar-refractivity contribution < 1.29 is 27.6 Å². The normalized spacial score (nSPS) is 12.2. The lowest BCUT2D eigenvalue weighted by Crippen LogP contribution is -2.30. The van der Waals surface area contributed by atoms with Crippen molar-refractivity contribution in [1.29, 1.82) is 0 Å². The molecule has 0 spiro atoms. The standard InChI is InChI=1S/C35H26F3N3O3S2/c36-35(37,38)26-12-7-13-28(21-26)40-34(44)31(24-8-3-1-4-9-24)46-29-16-14-27(15-17-29)39-33(43)30(20-23-18-19-45-22-23)41-32(42)25-10-5-2-6-11-25/h1-22,31H,(H,39,43)(H,40,44)(H,41,42)/b30-20-. The van der Waals surface area contributed by atoms with Gasteiger partial charge in [-0.2, -0.15) is 24.5 Å². The van der Waals surface area contributed by atoms with Crippen molar-refractivity contribution in [1.82, 2.24) is 5.32 Å². The van der Waals surface area contributed by atoms with Crippen molar-refractivity contribution >= 4 is 58.3 Å². The average Bonchev–Trinajstić information content (AvgIpc) is 3.58. The highest BCUT2D eigenvalue weighted by Crippen LogP contribution is 2.37. The molecule has 3 amide bonds. The molecule has 0 fully saturated rings. The Morgan fingerprint density at radius 3 is 2.11 bits per heavy atom. The van der Waals surface area contributed by atoms with Gasteiger partial charge in [-0.15, -0.1) is 11.8 Å². The fourth-order valence-electron chi connectivity index (χ4n) is 4.30. The van der Waals surface area contributed by atoms with Gasteiger partial charge < -0.3 is 16.0 Å². The third kappa shape index (κ3) is 8.74. The number of benzene rings is 4. The van der Waals surface area contributed by atoms with Gasteiger partial charge in [-0.1, -0.05) is 54.6 Å². The molecule has 0 aliphatic rings. The first-order valence-corrected chi connectivity index (χ1v) is 15.7. The molecule has 0 saturated carbocycles. The Kier molecular flexibility index (Phi) is 10.4. The molecule has 6 nitrogen and oxygen atoms in total. The molecule has 5 aromatic rings. The lowest BCUT2D eigenvalue weighted by atomic mass is 10.1. The molecular formula is C35H26F3N3O3S2. The number of halogens is 3. The first-order chi connectivity index (χ1) is 22.2. The Hall–Kier alpha value is -5.13. The van der Waals surface area contributed by atoms with Crippen LogP contribution in [-0.2, 0) is 15.8 Å². The van der Waals surface area contributed by atoms with E-state index in [0.29, 0.717) is 21.7 Å². The quantitative estimate of drug-likeness (QED) is 0.104. The molecule has 0 bridgehead atoms. The van der Waals surface area contributed by atoms with Crippen molar-refractivity contribution in [2.75, 3.05) is 10.6 Å². The zero-order valence-electron chi connectivity index (χ0n) is 24.0. The van der Waals surface area contributed by atoms with Crippen LogP contribution in [0.3, 0.4) is 0 Å². The number of hydrogen-bond acceptors (Lipinski definition) is 5. The van der Waals surface area contributed by atoms with Crippen molar-refractivity contribution in [3.8, 4) is 0 Å². The number of thiophene rings is 1. The lowest BCUT2D eigenvalue weighted by molar-refractivity contribution is -0.137. The van der Waals surface area contributed by atoms with Gasteiger partial charge in [-0.05, 0) is 88.6 Å². The molecule has 1 atom stereocenters. The third-order valence-corrected chi connectivity index (χ3v) is 8.51. The molecule has 0 radical (unpaired) electrons. The number of nitrogens with one attached hydrogen (secondary N) is 3. The number of hydrogen-bond donors (Lipinski definition) is 3. The maximum absolute atomic E-state index is 13.4. The first-order valence-electron chi connectivity index (χ1n) is 13.9. The molecule has 0 saturated heterocycles. The molecule has 3 N–H and O–H groups in total. The van der Waals surface area contributed by atoms with E-state index in [1.165, 1.54) is 35.2 Å². The molecule has 1 heterocycles. The van der Waals surface area contributed by atoms with Gasteiger partial charge in [0.15, 0.2) is 0 Å². The number of anilines is 2. The first kappa shape index (κ1) is 32.3. The molecule has 232 valence electrons. The molecule has 1 unspecified atom stereocenters. The molecule has 1 aromatic heterocycles. The predicted molar refractivity (Wildman–Crippen MR) is 176 cm³/mol. The van der Waals surface area contributed by atoms with Gasteiger partial charge in [0.25, 0.3) is 11.8 Å². The summed E-state index contributed by atoms with van der Waals surface area (Å²) in [6.45, 7) is 0. The minimum atomic E-state index is -4.54. The van der Waals surface area contributed by atoms with E-state index in [1.54, 1.807) is 91.0 Å². The van der Waals surface area contributed by atoms with Gasteiger partial charge in [0.1, 0.15) is 10.9 Å². The summed E-state index contributed by atoms with van der Waals surface area (Å²) in [5.74, 6) is -1.46. The highest BCUT2D eigenvalue weighted by Gasteiger charge is 2.31. The van der Waals surface area contributed by atoms with Crippen LogP contribution < -0.4 is 16.0 Å². The summed E-state index contributed by atoms with van der Waals surface area (Å²) in [5.41, 5.74) is 1.49. The summed E-state index contributed by atoms with van der Waals surface area (Å²) in [7, 11) is 0. The summed E-state index contributed by atoms with van der Waals surface area (Å²) in [6, 6.07) is 30.5. The number of rotatable bonds is 10. The summed E-state index contributed by atoms with van der Waals surface area (Å²) in [6.07, 6.45) is -2.95. The molecule has 46 heavy (non-hydrogen) atoms. The van der Waals surface area contributed by atoms with Gasteiger partial charge in [0, 0.05) is 21.8 Å². The van der Waals surface area contributed by atoms with Crippen LogP contribution in [0.5, 0.6) is 0 Å². The van der Waals surface area contributed by atoms with Crippen molar-refractivity contribution in [3.05, 3.63) is 154 Å². The fourth-order valence-corrected chi connectivity index (χ4v) is 5.94. The minimum absolute atomic E-state index is 0.0325. The van der Waals surface area contributed by atoms with Gasteiger partial charge in [-0.3, -0.25) is 14.4 Å². The zero-order valence-corrected chi connectivity index (χ0v) is 25.6. The monoisotopic (exact) mass is 657 g/mol. The van der Waals surface area contributed by atoms with Crippen LogP contribution in [0.25, 0.3) is 6.08 Å². The average molecular weight is 658 g/mol. The maximum Gasteiger partial charge on any atom is 0.416 e. The van der Waals surface area contributed by atoms with Crippen molar-refractivity contribution in [3.63, 3.8) is 0 Å². The summed E-state index contributed by atoms with van der Waals surface area (Å²) in [4.78, 5) is 40.2. The van der Waals surface area contributed by atoms with E-state index in [1.807, 2.05) is 16.8 Å². The molecular weight excluding hydrogens is 632 g/mol. The molecule has 11 heteroatoms. The SMILES string of the molecule is O=C(Nc1ccc(SC(C(=O)Nc2cccc(C(F)(F)F)c2)c2ccccc2)cc1)/C(=C/c1ccsc1)NC(=O)c1ccccc1. The second-order valence-corrected chi connectivity index (χ2v) is 11.8. The largest absolute Gasteiger partial charge is 0.416 e. The molecule has 4 aromatic carbocycles. The van der Waals surface area contributed by atoms with Gasteiger partial charge >= 0.3 is 6.18 Å². The van der Waals surface area contributed by atoms with Gasteiger partial charge in [-0.25, -0.2) is 0 Å². The van der Waals surface area contributed by atoms with Crippen LogP contribution in [0.15, 0.2) is 137 Å². The molecule has 0 aliphatic heterocycles. The Balaban J connectivity index is 1.31. The third-order valence-electron chi connectivity index (χ3n) is 6.55. The number of carbonyl (C=O) groups is 3. The lowest BCUT2D eigenvalue weighted by Gasteiger charge is -2.18. The van der Waals surface area contributed by atoms with Crippen LogP contribution >= 0.6 is 23.1 Å². The molecule has 5 rings (SSSR count). The highest BCUT2D eigenvalue weighted by atomic mass is 32.2. The topological polar surface area (TPSA) is 87.3 Å². The van der Waals surface area contributed by atoms with E-state index in [4.69, 9.17) is 0 Å². The predicted octanol–water partition coefficient (Wildman–Crippen LogP) is 8.65. The Morgan fingerprint density at radius 1 is 0.761 bits per heavy atom. The highest BCUT2D eigenvalue weighted by molar-refractivity contribution is 8.00. The summed E-state index contributed by atoms with van der Waals surface area (Å²) >= 11 is 2.66. The van der Waals surface area contributed by atoms with Crippen LogP contribution in [0, 0.1) is 0 Å². The van der Waals surface area contributed by atoms with E-state index in [0.717, 1.165) is 17.7 Å². The smallest absolute Gasteiger partial charge is 0.325 e. The van der Waals surface area contributed by atoms with E-state index in [9.17, 15) is 27.6 Å². The van der Waals surface area contributed by atoms with Crippen molar-refractivity contribution in [2.45, 2.75) is 16.3 Å². The Bertz CT molecular complexity index is 1830. The second-order valence-electron chi connectivity index (χ2n) is 9.89. The summed E-state index contributed by atoms with van der Waals surface area (Å²) in [5, 5.41) is 11.0. The van der Waals surface area contributed by atoms with Gasteiger partial charge in [0.2, 0.25) is 5.91 Å². The maximum atomic E-state index is 13.4. The van der Waals surface area contributed by atoms with Crippen LogP contribution in [0.1, 0.15) is 32.3 Å². The van der Waals surface area contributed by atoms with Crippen LogP contribution in [-0.4, -0.2) is 17.7 Å². The van der Waals surface area contributed by atoms with E-state index >= 15 is 0 Å². The van der Waals surface area contributed by atoms with Crippen LogP contribution in [0.2, 0.25) is 0 Å². The zero-order chi connectivity index (χ0) is 32.5. The Morgan fingerprint density at radius 2 is 1.46 bits per heavy atom. The van der Waals surface area contributed by atoms with E-state index in [2.05, 4.69) is 16.0 Å².